The standard InChI is InChI=1S/C7H8N2O3S/c10-13(11)3-1-2-12-7-6(13)4-8-5-9-7/h4-5H,1-3H2. The first-order chi connectivity index (χ1) is 6.20. The number of nitrogens with zero attached hydrogens (tertiary/aromatic N) is 2. The van der Waals surface area contributed by atoms with Crippen LogP contribution in [0.25, 0.3) is 0 Å². The summed E-state index contributed by atoms with van der Waals surface area (Å²) in [5.41, 5.74) is 0. The summed E-state index contributed by atoms with van der Waals surface area (Å²) >= 11 is 0. The van der Waals surface area contributed by atoms with Crippen molar-refractivity contribution in [1.82, 2.24) is 9.97 Å². The first kappa shape index (κ1) is 8.43. The van der Waals surface area contributed by atoms with Gasteiger partial charge in [0.25, 0.3) is 0 Å². The van der Waals surface area contributed by atoms with E-state index in [1.807, 2.05) is 0 Å². The van der Waals surface area contributed by atoms with E-state index in [2.05, 4.69) is 9.97 Å². The summed E-state index contributed by atoms with van der Waals surface area (Å²) in [6.45, 7) is 0.392. The topological polar surface area (TPSA) is 69.2 Å². The molecule has 0 fully saturated rings. The Hall–Kier alpha value is -1.17. The molecular formula is C7H8N2O3S. The van der Waals surface area contributed by atoms with Crippen molar-refractivity contribution < 1.29 is 13.2 Å². The van der Waals surface area contributed by atoms with Crippen molar-refractivity contribution in [2.75, 3.05) is 12.4 Å². The molecule has 0 radical (unpaired) electrons. The molecule has 0 saturated heterocycles. The monoisotopic (exact) mass is 200 g/mol. The predicted octanol–water partition coefficient (Wildman–Crippen LogP) is 0.0328. The van der Waals surface area contributed by atoms with Crippen molar-refractivity contribution in [3.05, 3.63) is 12.5 Å². The number of hydrogen-bond donors (Lipinski definition) is 0. The second-order valence-electron chi connectivity index (χ2n) is 2.71. The van der Waals surface area contributed by atoms with E-state index in [1.165, 1.54) is 12.5 Å². The van der Waals surface area contributed by atoms with Crippen LogP contribution in [0.2, 0.25) is 0 Å². The second-order valence-corrected chi connectivity index (χ2v) is 4.79. The van der Waals surface area contributed by atoms with Gasteiger partial charge in [-0.3, -0.25) is 0 Å². The Morgan fingerprint density at radius 1 is 1.46 bits per heavy atom. The molecule has 0 unspecified atom stereocenters. The zero-order valence-corrected chi connectivity index (χ0v) is 7.62. The lowest BCUT2D eigenvalue weighted by atomic mass is 10.5. The molecule has 2 rings (SSSR count). The highest BCUT2D eigenvalue weighted by atomic mass is 32.2. The molecule has 1 aromatic heterocycles. The highest BCUT2D eigenvalue weighted by Gasteiger charge is 2.23. The molecule has 0 aromatic carbocycles. The van der Waals surface area contributed by atoms with Crippen molar-refractivity contribution in [2.45, 2.75) is 11.3 Å². The maximum absolute atomic E-state index is 11.5. The number of hydrogen-bond acceptors (Lipinski definition) is 5. The molecule has 2 heterocycles. The van der Waals surface area contributed by atoms with Crippen molar-refractivity contribution in [3.8, 4) is 5.88 Å². The fourth-order valence-electron chi connectivity index (χ4n) is 1.16. The summed E-state index contributed by atoms with van der Waals surface area (Å²) in [7, 11) is -3.23. The molecule has 0 spiro atoms. The van der Waals surface area contributed by atoms with Crippen LogP contribution in [0.5, 0.6) is 5.88 Å². The fourth-order valence-corrected chi connectivity index (χ4v) is 2.47. The predicted molar refractivity (Wildman–Crippen MR) is 44.2 cm³/mol. The van der Waals surface area contributed by atoms with Gasteiger partial charge in [-0.05, 0) is 6.42 Å². The Balaban J connectivity index is 2.62. The molecule has 6 heteroatoms. The zero-order chi connectivity index (χ0) is 9.31. The normalized spacial score (nSPS) is 19.7. The summed E-state index contributed by atoms with van der Waals surface area (Å²) in [5.74, 6) is 0.278. The SMILES string of the molecule is O=S1(=O)CCCOc2ncncc21. The molecule has 1 aliphatic rings. The third-order valence-corrected chi connectivity index (χ3v) is 3.55. The molecule has 0 bridgehead atoms. The van der Waals surface area contributed by atoms with E-state index in [-0.39, 0.29) is 16.5 Å². The zero-order valence-electron chi connectivity index (χ0n) is 6.80. The summed E-state index contributed by atoms with van der Waals surface area (Å²) in [6, 6.07) is 0. The van der Waals surface area contributed by atoms with E-state index in [0.29, 0.717) is 13.0 Å². The smallest absolute Gasteiger partial charge is 0.235 e. The van der Waals surface area contributed by atoms with Crippen LogP contribution in [-0.2, 0) is 9.84 Å². The van der Waals surface area contributed by atoms with Gasteiger partial charge in [0.1, 0.15) is 11.2 Å². The number of rotatable bonds is 0. The van der Waals surface area contributed by atoms with Crippen LogP contribution in [0.4, 0.5) is 0 Å². The van der Waals surface area contributed by atoms with Gasteiger partial charge in [0.2, 0.25) is 5.88 Å². The lowest BCUT2D eigenvalue weighted by Gasteiger charge is -2.02. The van der Waals surface area contributed by atoms with Gasteiger partial charge in [0.15, 0.2) is 9.84 Å². The van der Waals surface area contributed by atoms with Gasteiger partial charge >= 0.3 is 0 Å². The average Bonchev–Trinajstić information content (AvgIpc) is 2.26. The van der Waals surface area contributed by atoms with E-state index in [4.69, 9.17) is 4.74 Å². The van der Waals surface area contributed by atoms with Gasteiger partial charge in [0.05, 0.1) is 18.6 Å². The fraction of sp³-hybridized carbons (Fsp3) is 0.429. The van der Waals surface area contributed by atoms with Crippen molar-refractivity contribution in [2.24, 2.45) is 0 Å². The Morgan fingerprint density at radius 2 is 2.31 bits per heavy atom. The van der Waals surface area contributed by atoms with Crippen LogP contribution in [0.1, 0.15) is 6.42 Å². The summed E-state index contributed by atoms with van der Waals surface area (Å²) in [6.07, 6.45) is 3.06. The quantitative estimate of drug-likeness (QED) is 0.591. The summed E-state index contributed by atoms with van der Waals surface area (Å²) in [5, 5.41) is 0. The molecule has 0 atom stereocenters. The van der Waals surface area contributed by atoms with Crippen LogP contribution in [0, 0.1) is 0 Å². The number of sulfone groups is 1. The Kier molecular flexibility index (Phi) is 1.91. The third-order valence-electron chi connectivity index (χ3n) is 1.78. The van der Waals surface area contributed by atoms with Crippen LogP contribution in [-0.4, -0.2) is 30.7 Å². The van der Waals surface area contributed by atoms with Gasteiger partial charge < -0.3 is 4.74 Å². The molecule has 0 N–H and O–H groups in total. The maximum atomic E-state index is 11.5. The minimum Gasteiger partial charge on any atom is -0.477 e. The van der Waals surface area contributed by atoms with Crippen molar-refractivity contribution in [3.63, 3.8) is 0 Å². The summed E-state index contributed by atoms with van der Waals surface area (Å²) in [4.78, 5) is 7.53. The second kappa shape index (κ2) is 2.95. The minimum atomic E-state index is -3.23. The van der Waals surface area contributed by atoms with Crippen LogP contribution in [0.3, 0.4) is 0 Å². The first-order valence-electron chi connectivity index (χ1n) is 3.86. The molecular weight excluding hydrogens is 192 g/mol. The van der Waals surface area contributed by atoms with Gasteiger partial charge in [-0.15, -0.1) is 0 Å². The number of aromatic nitrogens is 2. The average molecular weight is 200 g/mol. The highest BCUT2D eigenvalue weighted by molar-refractivity contribution is 7.91. The van der Waals surface area contributed by atoms with Gasteiger partial charge in [-0.25, -0.2) is 18.4 Å². The lowest BCUT2D eigenvalue weighted by Crippen LogP contribution is -2.05. The van der Waals surface area contributed by atoms with Crippen molar-refractivity contribution in [1.29, 1.82) is 0 Å². The maximum Gasteiger partial charge on any atom is 0.235 e. The number of fused-ring (bicyclic) bond motifs is 1. The Labute approximate surface area is 75.7 Å². The molecule has 1 aliphatic heterocycles. The van der Waals surface area contributed by atoms with E-state index < -0.39 is 9.84 Å². The van der Waals surface area contributed by atoms with Gasteiger partial charge in [-0.2, -0.15) is 0 Å². The summed E-state index contributed by atoms with van der Waals surface area (Å²) < 4.78 is 28.2. The van der Waals surface area contributed by atoms with Gasteiger partial charge in [-0.1, -0.05) is 0 Å². The minimum absolute atomic E-state index is 0.104. The van der Waals surface area contributed by atoms with Crippen molar-refractivity contribution >= 4 is 9.84 Å². The van der Waals surface area contributed by atoms with Crippen LogP contribution >= 0.6 is 0 Å². The van der Waals surface area contributed by atoms with E-state index in [1.54, 1.807) is 0 Å². The van der Waals surface area contributed by atoms with Gasteiger partial charge in [0, 0.05) is 0 Å². The Bertz CT molecular complexity index is 416. The molecule has 0 saturated carbocycles. The van der Waals surface area contributed by atoms with E-state index in [0.717, 1.165) is 0 Å². The van der Waals surface area contributed by atoms with E-state index in [9.17, 15) is 8.42 Å². The molecule has 0 amide bonds. The van der Waals surface area contributed by atoms with Crippen LogP contribution in [0.15, 0.2) is 17.4 Å². The molecule has 1 aromatic rings. The lowest BCUT2D eigenvalue weighted by molar-refractivity contribution is 0.301. The first-order valence-corrected chi connectivity index (χ1v) is 5.51. The Morgan fingerprint density at radius 3 is 3.15 bits per heavy atom. The number of ether oxygens (including phenoxy) is 1. The highest BCUT2D eigenvalue weighted by Crippen LogP contribution is 2.23. The largest absolute Gasteiger partial charge is 0.477 e. The molecule has 5 nitrogen and oxygen atoms in total. The molecule has 13 heavy (non-hydrogen) atoms. The van der Waals surface area contributed by atoms with Crippen LogP contribution < -0.4 is 4.74 Å². The third kappa shape index (κ3) is 1.49. The van der Waals surface area contributed by atoms with E-state index >= 15 is 0 Å². The molecule has 0 aliphatic carbocycles. The molecule has 70 valence electrons.